The Bertz CT molecular complexity index is 272. The van der Waals surface area contributed by atoms with E-state index in [9.17, 15) is 13.2 Å². The van der Waals surface area contributed by atoms with Crippen LogP contribution in [-0.2, 0) is 14.8 Å². The minimum atomic E-state index is -3.72. The van der Waals surface area contributed by atoms with Gasteiger partial charge >= 0.3 is 5.97 Å². The maximum atomic E-state index is 11.2. The largest absolute Gasteiger partial charge is 0.480 e. The molecule has 2 N–H and O–H groups in total. The van der Waals surface area contributed by atoms with Crippen molar-refractivity contribution < 1.29 is 18.3 Å². The van der Waals surface area contributed by atoms with E-state index in [4.69, 9.17) is 5.11 Å². The van der Waals surface area contributed by atoms with E-state index in [1.807, 2.05) is 6.92 Å². The Kier molecular flexibility index (Phi) is 4.35. The molecule has 0 rings (SSSR count). The second-order valence-corrected chi connectivity index (χ2v) is 4.99. The molecule has 0 amide bonds. The van der Waals surface area contributed by atoms with Crippen LogP contribution in [0, 0.1) is 0 Å². The lowest BCUT2D eigenvalue weighted by atomic mass is 10.3. The van der Waals surface area contributed by atoms with E-state index >= 15 is 0 Å². The van der Waals surface area contributed by atoms with E-state index < -0.39 is 21.2 Å². The summed E-state index contributed by atoms with van der Waals surface area (Å²) in [6.07, 6.45) is 0.631. The van der Waals surface area contributed by atoms with Crippen molar-refractivity contribution in [3.8, 4) is 0 Å². The third kappa shape index (κ3) is 3.73. The molecule has 0 aromatic carbocycles. The minimum Gasteiger partial charge on any atom is -0.480 e. The Morgan fingerprint density at radius 2 is 1.92 bits per heavy atom. The molecule has 0 aromatic heterocycles. The van der Waals surface area contributed by atoms with Gasteiger partial charge in [0.2, 0.25) is 10.0 Å². The van der Waals surface area contributed by atoms with Crippen LogP contribution >= 0.6 is 0 Å². The predicted molar refractivity (Wildman–Crippen MR) is 48.9 cm³/mol. The maximum Gasteiger partial charge on any atom is 0.323 e. The first-order valence-corrected chi connectivity index (χ1v) is 5.59. The van der Waals surface area contributed by atoms with E-state index in [1.54, 1.807) is 6.92 Å². The highest BCUT2D eigenvalue weighted by Gasteiger charge is 2.28. The van der Waals surface area contributed by atoms with Gasteiger partial charge in [-0.2, -0.15) is 0 Å². The molecule has 0 fully saturated rings. The Balaban J connectivity index is 4.50. The second-order valence-electron chi connectivity index (χ2n) is 2.95. The lowest BCUT2D eigenvalue weighted by molar-refractivity contribution is -0.136. The maximum absolute atomic E-state index is 11.2. The molecule has 0 heterocycles. The number of hydrogen-bond donors (Lipinski definition) is 2. The van der Waals surface area contributed by atoms with Crippen LogP contribution in [0.2, 0.25) is 0 Å². The van der Waals surface area contributed by atoms with Gasteiger partial charge < -0.3 is 5.11 Å². The smallest absolute Gasteiger partial charge is 0.323 e. The van der Waals surface area contributed by atoms with Crippen molar-refractivity contribution >= 4 is 16.0 Å². The van der Waals surface area contributed by atoms with Gasteiger partial charge in [0, 0.05) is 6.04 Å². The molecule has 2 atom stereocenters. The van der Waals surface area contributed by atoms with Gasteiger partial charge in [0.1, 0.15) is 0 Å². The summed E-state index contributed by atoms with van der Waals surface area (Å²) in [7, 11) is -3.72. The van der Waals surface area contributed by atoms with Crippen LogP contribution in [0.5, 0.6) is 0 Å². The van der Waals surface area contributed by atoms with Crippen LogP contribution in [-0.4, -0.2) is 30.8 Å². The summed E-state index contributed by atoms with van der Waals surface area (Å²) in [5.41, 5.74) is 0. The van der Waals surface area contributed by atoms with Gasteiger partial charge in [-0.1, -0.05) is 6.92 Å². The van der Waals surface area contributed by atoms with Gasteiger partial charge in [-0.25, -0.2) is 13.1 Å². The Morgan fingerprint density at radius 1 is 1.46 bits per heavy atom. The van der Waals surface area contributed by atoms with Crippen molar-refractivity contribution in [1.82, 2.24) is 4.72 Å². The molecule has 2 unspecified atom stereocenters. The van der Waals surface area contributed by atoms with Crippen molar-refractivity contribution in [2.24, 2.45) is 0 Å². The van der Waals surface area contributed by atoms with Gasteiger partial charge in [0.05, 0.1) is 0 Å². The summed E-state index contributed by atoms with van der Waals surface area (Å²) in [4.78, 5) is 10.4. The SMILES string of the molecule is CCC(C)NS(=O)(=O)C(C)C(=O)O. The van der Waals surface area contributed by atoms with Gasteiger partial charge in [-0.3, -0.25) is 4.79 Å². The minimum absolute atomic E-state index is 0.230. The first-order valence-electron chi connectivity index (χ1n) is 4.05. The molecule has 0 aliphatic rings. The van der Waals surface area contributed by atoms with Crippen LogP contribution < -0.4 is 4.72 Å². The topological polar surface area (TPSA) is 83.5 Å². The van der Waals surface area contributed by atoms with Crippen molar-refractivity contribution in [3.05, 3.63) is 0 Å². The number of carbonyl (C=O) groups is 1. The quantitative estimate of drug-likeness (QED) is 0.676. The zero-order chi connectivity index (χ0) is 10.6. The van der Waals surface area contributed by atoms with Crippen LogP contribution in [0.1, 0.15) is 27.2 Å². The zero-order valence-electron chi connectivity index (χ0n) is 7.94. The summed E-state index contributed by atoms with van der Waals surface area (Å²) in [5, 5.41) is 7.08. The summed E-state index contributed by atoms with van der Waals surface area (Å²) in [5.74, 6) is -1.34. The molecule has 6 heteroatoms. The highest BCUT2D eigenvalue weighted by Crippen LogP contribution is 2.01. The Hall–Kier alpha value is -0.620. The first kappa shape index (κ1) is 12.4. The average Bonchev–Trinajstić information content (AvgIpc) is 2.01. The van der Waals surface area contributed by atoms with Gasteiger partial charge in [-0.05, 0) is 20.3 Å². The van der Waals surface area contributed by atoms with Crippen molar-refractivity contribution in [2.45, 2.75) is 38.5 Å². The van der Waals surface area contributed by atoms with Crippen LogP contribution in [0.3, 0.4) is 0 Å². The molecule has 0 saturated carbocycles. The molecule has 0 aromatic rings. The molecular formula is C7H15NO4S. The average molecular weight is 209 g/mol. The molecule has 13 heavy (non-hydrogen) atoms. The second kappa shape index (κ2) is 4.57. The summed E-state index contributed by atoms with van der Waals surface area (Å²) < 4.78 is 24.8. The summed E-state index contributed by atoms with van der Waals surface area (Å²) >= 11 is 0. The van der Waals surface area contributed by atoms with Gasteiger partial charge in [0.15, 0.2) is 5.25 Å². The van der Waals surface area contributed by atoms with Crippen molar-refractivity contribution in [2.75, 3.05) is 0 Å². The van der Waals surface area contributed by atoms with Gasteiger partial charge in [0.25, 0.3) is 0 Å². The molecule has 0 aliphatic carbocycles. The van der Waals surface area contributed by atoms with Crippen LogP contribution in [0.25, 0.3) is 0 Å². The molecule has 5 nitrogen and oxygen atoms in total. The molecule has 0 bridgehead atoms. The van der Waals surface area contributed by atoms with E-state index in [2.05, 4.69) is 4.72 Å². The number of carboxylic acid groups (broad SMARTS) is 1. The van der Waals surface area contributed by atoms with Crippen LogP contribution in [0.15, 0.2) is 0 Å². The highest BCUT2D eigenvalue weighted by molar-refractivity contribution is 7.90. The molecule has 0 saturated heterocycles. The number of rotatable bonds is 5. The molecule has 78 valence electrons. The van der Waals surface area contributed by atoms with E-state index in [1.165, 1.54) is 0 Å². The fourth-order valence-electron chi connectivity index (χ4n) is 0.599. The Morgan fingerprint density at radius 3 is 2.23 bits per heavy atom. The predicted octanol–water partition coefficient (Wildman–Crippen LogP) is 0.177. The Labute approximate surface area is 78.2 Å². The third-order valence-corrected chi connectivity index (χ3v) is 3.65. The van der Waals surface area contributed by atoms with E-state index in [-0.39, 0.29) is 6.04 Å². The number of sulfonamides is 1. The highest BCUT2D eigenvalue weighted by atomic mass is 32.2. The first-order chi connectivity index (χ1) is 5.81. The lowest BCUT2D eigenvalue weighted by Crippen LogP contribution is -2.41. The van der Waals surface area contributed by atoms with Crippen molar-refractivity contribution in [3.63, 3.8) is 0 Å². The van der Waals surface area contributed by atoms with E-state index in [0.717, 1.165) is 6.92 Å². The fraction of sp³-hybridized carbons (Fsp3) is 0.857. The van der Waals surface area contributed by atoms with E-state index in [0.29, 0.717) is 6.42 Å². The molecule has 0 spiro atoms. The standard InChI is InChI=1S/C7H15NO4S/c1-4-5(2)8-13(11,12)6(3)7(9)10/h5-6,8H,4H2,1-3H3,(H,9,10). The third-order valence-electron chi connectivity index (χ3n) is 1.79. The number of nitrogens with one attached hydrogen (secondary N) is 1. The number of aliphatic carboxylic acids is 1. The zero-order valence-corrected chi connectivity index (χ0v) is 8.76. The number of hydrogen-bond acceptors (Lipinski definition) is 3. The molecular weight excluding hydrogens is 194 g/mol. The van der Waals surface area contributed by atoms with Crippen LogP contribution in [0.4, 0.5) is 0 Å². The summed E-state index contributed by atoms with van der Waals surface area (Å²) in [6.45, 7) is 4.65. The lowest BCUT2D eigenvalue weighted by Gasteiger charge is -2.14. The number of carboxylic acids is 1. The summed E-state index contributed by atoms with van der Waals surface area (Å²) in [6, 6.07) is -0.230. The molecule has 0 radical (unpaired) electrons. The fourth-order valence-corrected chi connectivity index (χ4v) is 1.80. The normalized spacial score (nSPS) is 16.5. The monoisotopic (exact) mass is 209 g/mol. The van der Waals surface area contributed by atoms with Crippen molar-refractivity contribution in [1.29, 1.82) is 0 Å². The molecule has 0 aliphatic heterocycles. The van der Waals surface area contributed by atoms with Gasteiger partial charge in [-0.15, -0.1) is 0 Å².